The third kappa shape index (κ3) is 1.77. The summed E-state index contributed by atoms with van der Waals surface area (Å²) in [5.41, 5.74) is 0. The van der Waals surface area contributed by atoms with E-state index in [1.54, 1.807) is 0 Å². The summed E-state index contributed by atoms with van der Waals surface area (Å²) < 4.78 is 0.417. The molecule has 3 heteroatoms. The topological polar surface area (TPSA) is 20.3 Å². The van der Waals surface area contributed by atoms with Gasteiger partial charge in [0.05, 0.1) is 0 Å². The Morgan fingerprint density at radius 1 is 1.38 bits per heavy atom. The molecular weight excluding hydrogens is 182 g/mol. The molecule has 2 rings (SSSR count). The lowest BCUT2D eigenvalue weighted by atomic mass is 9.98. The van der Waals surface area contributed by atoms with Gasteiger partial charge in [0.25, 0.3) is 0 Å². The van der Waals surface area contributed by atoms with Crippen LogP contribution in [0.2, 0.25) is 0 Å². The average Bonchev–Trinajstić information content (AvgIpc) is 2.07. The molecule has 0 amide bonds. The van der Waals surface area contributed by atoms with E-state index >= 15 is 0 Å². The molecule has 2 aliphatic rings. The van der Waals surface area contributed by atoms with Crippen molar-refractivity contribution in [2.75, 3.05) is 18.8 Å². The largest absolute Gasteiger partial charge is 0.300 e. The van der Waals surface area contributed by atoms with Crippen LogP contribution < -0.4 is 0 Å². The van der Waals surface area contributed by atoms with Gasteiger partial charge in [-0.05, 0) is 13.8 Å². The summed E-state index contributed by atoms with van der Waals surface area (Å²) in [5, 5.41) is 0. The van der Waals surface area contributed by atoms with Crippen LogP contribution >= 0.6 is 11.8 Å². The van der Waals surface area contributed by atoms with E-state index in [2.05, 4.69) is 18.7 Å². The van der Waals surface area contributed by atoms with Gasteiger partial charge in [-0.3, -0.25) is 9.69 Å². The van der Waals surface area contributed by atoms with Gasteiger partial charge in [-0.2, -0.15) is 11.8 Å². The molecule has 1 atom stereocenters. The van der Waals surface area contributed by atoms with Crippen LogP contribution in [0.15, 0.2) is 0 Å². The highest BCUT2D eigenvalue weighted by molar-refractivity contribution is 8.02. The Morgan fingerprint density at radius 2 is 2.00 bits per heavy atom. The minimum absolute atomic E-state index is 0.417. The van der Waals surface area contributed by atoms with Crippen molar-refractivity contribution in [2.45, 2.75) is 37.5 Å². The number of carbonyl (C=O) groups excluding carboxylic acids is 1. The predicted molar refractivity (Wildman–Crippen MR) is 56.1 cm³/mol. The van der Waals surface area contributed by atoms with Crippen LogP contribution in [0.3, 0.4) is 0 Å². The zero-order valence-electron chi connectivity index (χ0n) is 8.38. The van der Waals surface area contributed by atoms with Gasteiger partial charge in [0.1, 0.15) is 5.78 Å². The Labute approximate surface area is 84.1 Å². The van der Waals surface area contributed by atoms with E-state index in [-0.39, 0.29) is 0 Å². The molecule has 0 radical (unpaired) electrons. The number of rotatable bonds is 1. The molecule has 1 unspecified atom stereocenters. The zero-order valence-corrected chi connectivity index (χ0v) is 9.19. The molecule has 74 valence electrons. The molecule has 0 saturated carbocycles. The molecule has 0 N–H and O–H groups in total. The minimum Gasteiger partial charge on any atom is -0.300 e. The highest BCUT2D eigenvalue weighted by Crippen LogP contribution is 2.43. The number of thioether (sulfide) groups is 1. The van der Waals surface area contributed by atoms with Crippen molar-refractivity contribution in [3.05, 3.63) is 0 Å². The maximum atomic E-state index is 11.1. The van der Waals surface area contributed by atoms with Crippen LogP contribution in [-0.2, 0) is 4.79 Å². The van der Waals surface area contributed by atoms with E-state index < -0.39 is 0 Å². The standard InChI is InChI=1S/C10H17NOS/c1-10(2)9(7-13-10)11-5-3-8(12)4-6-11/h9H,3-7H2,1-2H3. The molecular formula is C10H17NOS. The van der Waals surface area contributed by atoms with Gasteiger partial charge in [0.2, 0.25) is 0 Å². The van der Waals surface area contributed by atoms with E-state index in [0.29, 0.717) is 16.6 Å². The van der Waals surface area contributed by atoms with Crippen molar-refractivity contribution >= 4 is 17.5 Å². The van der Waals surface area contributed by atoms with Crippen LogP contribution in [0.4, 0.5) is 0 Å². The van der Waals surface area contributed by atoms with Crippen molar-refractivity contribution in [2.24, 2.45) is 0 Å². The molecule has 0 aromatic heterocycles. The molecule has 13 heavy (non-hydrogen) atoms. The van der Waals surface area contributed by atoms with E-state index in [9.17, 15) is 4.79 Å². The molecule has 2 fully saturated rings. The fraction of sp³-hybridized carbons (Fsp3) is 0.900. The summed E-state index contributed by atoms with van der Waals surface area (Å²) >= 11 is 2.04. The van der Waals surface area contributed by atoms with Crippen LogP contribution in [0, 0.1) is 0 Å². The number of carbonyl (C=O) groups is 1. The number of piperidine rings is 1. The summed E-state index contributed by atoms with van der Waals surface area (Å²) in [6.45, 7) is 6.60. The SMILES string of the molecule is CC1(C)SCC1N1CCC(=O)CC1. The second-order valence-corrected chi connectivity index (χ2v) is 6.18. The van der Waals surface area contributed by atoms with E-state index in [1.165, 1.54) is 5.75 Å². The first kappa shape index (κ1) is 9.53. The fourth-order valence-electron chi connectivity index (χ4n) is 2.12. The van der Waals surface area contributed by atoms with E-state index in [0.717, 1.165) is 25.9 Å². The Balaban J connectivity index is 1.92. The summed E-state index contributed by atoms with van der Waals surface area (Å²) in [7, 11) is 0. The molecule has 0 aromatic carbocycles. The molecule has 0 aromatic rings. The van der Waals surface area contributed by atoms with Gasteiger partial charge in [-0.15, -0.1) is 0 Å². The van der Waals surface area contributed by atoms with Gasteiger partial charge in [-0.25, -0.2) is 0 Å². The second kappa shape index (κ2) is 3.28. The second-order valence-electron chi connectivity index (χ2n) is 4.50. The summed E-state index contributed by atoms with van der Waals surface area (Å²) in [4.78, 5) is 13.6. The van der Waals surface area contributed by atoms with Gasteiger partial charge in [-0.1, -0.05) is 0 Å². The molecule has 2 nitrogen and oxygen atoms in total. The fourth-order valence-corrected chi connectivity index (χ4v) is 3.46. The average molecular weight is 199 g/mol. The molecule has 2 saturated heterocycles. The normalized spacial score (nSPS) is 34.3. The number of Topliss-reactive ketones (excluding diaryl/α,β-unsaturated/α-hetero) is 1. The minimum atomic E-state index is 0.417. The first-order valence-corrected chi connectivity index (χ1v) is 5.98. The van der Waals surface area contributed by atoms with Gasteiger partial charge in [0, 0.05) is 42.5 Å². The van der Waals surface area contributed by atoms with Crippen molar-refractivity contribution in [3.63, 3.8) is 0 Å². The molecule has 2 aliphatic heterocycles. The number of likely N-dealkylation sites (tertiary alicyclic amines) is 1. The van der Waals surface area contributed by atoms with E-state index in [1.807, 2.05) is 11.8 Å². The van der Waals surface area contributed by atoms with Gasteiger partial charge < -0.3 is 0 Å². The van der Waals surface area contributed by atoms with Crippen LogP contribution in [0.1, 0.15) is 26.7 Å². The predicted octanol–water partition coefficient (Wildman–Crippen LogP) is 1.55. The first-order valence-electron chi connectivity index (χ1n) is 4.99. The Hall–Kier alpha value is -0.0200. The highest BCUT2D eigenvalue weighted by Gasteiger charge is 2.43. The third-order valence-corrected chi connectivity index (χ3v) is 4.71. The quantitative estimate of drug-likeness (QED) is 0.639. The summed E-state index contributed by atoms with van der Waals surface area (Å²) in [6, 6.07) is 0.714. The molecule has 0 aliphatic carbocycles. The molecule has 2 heterocycles. The molecule has 0 spiro atoms. The Morgan fingerprint density at radius 3 is 2.38 bits per heavy atom. The Kier molecular flexibility index (Phi) is 2.41. The maximum absolute atomic E-state index is 11.1. The monoisotopic (exact) mass is 199 g/mol. The van der Waals surface area contributed by atoms with Crippen molar-refractivity contribution < 1.29 is 4.79 Å². The van der Waals surface area contributed by atoms with Gasteiger partial charge in [0.15, 0.2) is 0 Å². The zero-order chi connectivity index (χ0) is 9.47. The number of nitrogens with zero attached hydrogens (tertiary/aromatic N) is 1. The number of hydrogen-bond donors (Lipinski definition) is 0. The lowest BCUT2D eigenvalue weighted by molar-refractivity contribution is -0.122. The first-order chi connectivity index (χ1) is 6.09. The highest BCUT2D eigenvalue weighted by atomic mass is 32.2. The number of hydrogen-bond acceptors (Lipinski definition) is 3. The number of ketones is 1. The van der Waals surface area contributed by atoms with Crippen LogP contribution in [0.5, 0.6) is 0 Å². The summed E-state index contributed by atoms with van der Waals surface area (Å²) in [6.07, 6.45) is 1.55. The lowest BCUT2D eigenvalue weighted by Crippen LogP contribution is -2.58. The third-order valence-electron chi connectivity index (χ3n) is 3.21. The van der Waals surface area contributed by atoms with Crippen LogP contribution in [-0.4, -0.2) is 40.3 Å². The maximum Gasteiger partial charge on any atom is 0.135 e. The lowest BCUT2D eigenvalue weighted by Gasteiger charge is -2.50. The Bertz CT molecular complexity index is 217. The van der Waals surface area contributed by atoms with Crippen molar-refractivity contribution in [1.29, 1.82) is 0 Å². The van der Waals surface area contributed by atoms with Crippen LogP contribution in [0.25, 0.3) is 0 Å². The van der Waals surface area contributed by atoms with Gasteiger partial charge >= 0.3 is 0 Å². The molecule has 0 bridgehead atoms. The smallest absolute Gasteiger partial charge is 0.135 e. The van der Waals surface area contributed by atoms with Crippen molar-refractivity contribution in [1.82, 2.24) is 4.90 Å². The van der Waals surface area contributed by atoms with Crippen molar-refractivity contribution in [3.8, 4) is 0 Å². The van der Waals surface area contributed by atoms with E-state index in [4.69, 9.17) is 0 Å². The summed E-state index contributed by atoms with van der Waals surface area (Å²) in [5.74, 6) is 1.70.